The Morgan fingerprint density at radius 1 is 1.23 bits per heavy atom. The number of phenols is 2. The second kappa shape index (κ2) is 3.94. The van der Waals surface area contributed by atoms with Gasteiger partial charge in [-0.05, 0) is 31.0 Å². The number of carbonyl (C=O) groups excluding carboxylic acids is 1. The summed E-state index contributed by atoms with van der Waals surface area (Å²) < 4.78 is 0. The zero-order valence-corrected chi connectivity index (χ0v) is 7.45. The van der Waals surface area contributed by atoms with Crippen LogP contribution in [0, 0.1) is 0 Å². The van der Waals surface area contributed by atoms with Crippen molar-refractivity contribution in [1.29, 1.82) is 0 Å². The normalized spacial score (nSPS) is 9.92. The van der Waals surface area contributed by atoms with E-state index in [-0.39, 0.29) is 17.3 Å². The van der Waals surface area contributed by atoms with Gasteiger partial charge in [-0.25, -0.2) is 0 Å². The molecule has 0 heterocycles. The first-order chi connectivity index (χ1) is 6.08. The summed E-state index contributed by atoms with van der Waals surface area (Å²) in [6.45, 7) is 1.52. The van der Waals surface area contributed by atoms with Gasteiger partial charge in [0.15, 0.2) is 0 Å². The lowest BCUT2D eigenvalue weighted by atomic mass is 10.1. The van der Waals surface area contributed by atoms with Gasteiger partial charge < -0.3 is 15.0 Å². The predicted molar refractivity (Wildman–Crippen MR) is 48.8 cm³/mol. The Kier molecular flexibility index (Phi) is 2.90. The largest absolute Gasteiger partial charge is 0.508 e. The van der Waals surface area contributed by atoms with Crippen LogP contribution in [0.2, 0.25) is 0 Å². The SMILES string of the molecule is CC(=O)CCc1cc(O)cc(O)c1. The van der Waals surface area contributed by atoms with Crippen molar-refractivity contribution in [2.45, 2.75) is 19.8 Å². The minimum atomic E-state index is 0.0264. The van der Waals surface area contributed by atoms with Gasteiger partial charge >= 0.3 is 0 Å². The molecule has 0 aliphatic carbocycles. The zero-order valence-electron chi connectivity index (χ0n) is 7.45. The van der Waals surface area contributed by atoms with Crippen LogP contribution in [0.1, 0.15) is 18.9 Å². The molecule has 0 bridgehead atoms. The minimum absolute atomic E-state index is 0.0264. The van der Waals surface area contributed by atoms with Crippen LogP contribution in [0.15, 0.2) is 18.2 Å². The highest BCUT2D eigenvalue weighted by atomic mass is 16.3. The first-order valence-corrected chi connectivity index (χ1v) is 4.09. The van der Waals surface area contributed by atoms with Crippen molar-refractivity contribution in [1.82, 2.24) is 0 Å². The molecule has 3 heteroatoms. The number of aryl methyl sites for hydroxylation is 1. The molecule has 0 spiro atoms. The number of phenolic OH excluding ortho intramolecular Hbond substituents is 2. The van der Waals surface area contributed by atoms with E-state index in [1.165, 1.54) is 13.0 Å². The summed E-state index contributed by atoms with van der Waals surface area (Å²) in [4.78, 5) is 10.7. The molecule has 70 valence electrons. The van der Waals surface area contributed by atoms with Gasteiger partial charge in [0.1, 0.15) is 17.3 Å². The molecule has 0 fully saturated rings. The van der Waals surface area contributed by atoms with E-state index in [1.807, 2.05) is 0 Å². The van der Waals surface area contributed by atoms with Crippen LogP contribution in [0.4, 0.5) is 0 Å². The Labute approximate surface area is 76.6 Å². The highest BCUT2D eigenvalue weighted by Crippen LogP contribution is 2.21. The van der Waals surface area contributed by atoms with Crippen molar-refractivity contribution in [2.75, 3.05) is 0 Å². The predicted octanol–water partition coefficient (Wildman–Crippen LogP) is 1.62. The molecule has 0 saturated heterocycles. The van der Waals surface area contributed by atoms with Gasteiger partial charge in [-0.3, -0.25) is 0 Å². The number of rotatable bonds is 3. The highest BCUT2D eigenvalue weighted by Gasteiger charge is 2.00. The van der Waals surface area contributed by atoms with E-state index in [0.717, 1.165) is 5.56 Å². The first-order valence-electron chi connectivity index (χ1n) is 4.09. The van der Waals surface area contributed by atoms with Crippen molar-refractivity contribution in [3.8, 4) is 11.5 Å². The van der Waals surface area contributed by atoms with E-state index in [9.17, 15) is 4.79 Å². The van der Waals surface area contributed by atoms with Gasteiger partial charge in [0, 0.05) is 12.5 Å². The molecule has 13 heavy (non-hydrogen) atoms. The average Bonchev–Trinajstić information content (AvgIpc) is 1.99. The Bertz CT molecular complexity index is 298. The number of benzene rings is 1. The maximum absolute atomic E-state index is 10.7. The molecule has 1 aromatic carbocycles. The van der Waals surface area contributed by atoms with Crippen LogP contribution in [0.25, 0.3) is 0 Å². The minimum Gasteiger partial charge on any atom is -0.508 e. The van der Waals surface area contributed by atoms with E-state index in [0.29, 0.717) is 12.8 Å². The Hall–Kier alpha value is -1.51. The van der Waals surface area contributed by atoms with Crippen molar-refractivity contribution >= 4 is 5.78 Å². The molecule has 0 atom stereocenters. The van der Waals surface area contributed by atoms with Gasteiger partial charge in [-0.1, -0.05) is 0 Å². The van der Waals surface area contributed by atoms with Gasteiger partial charge in [-0.2, -0.15) is 0 Å². The summed E-state index contributed by atoms with van der Waals surface area (Å²) in [7, 11) is 0. The lowest BCUT2D eigenvalue weighted by Crippen LogP contribution is -1.93. The van der Waals surface area contributed by atoms with Crippen LogP contribution in [0.3, 0.4) is 0 Å². The third kappa shape index (κ3) is 3.15. The van der Waals surface area contributed by atoms with E-state index >= 15 is 0 Å². The average molecular weight is 180 g/mol. The zero-order chi connectivity index (χ0) is 9.84. The molecule has 0 radical (unpaired) electrons. The van der Waals surface area contributed by atoms with E-state index in [1.54, 1.807) is 12.1 Å². The Morgan fingerprint density at radius 3 is 2.23 bits per heavy atom. The fraction of sp³-hybridized carbons (Fsp3) is 0.300. The maximum Gasteiger partial charge on any atom is 0.130 e. The topological polar surface area (TPSA) is 57.5 Å². The molecular formula is C10H12O3. The van der Waals surface area contributed by atoms with Gasteiger partial charge in [-0.15, -0.1) is 0 Å². The standard InChI is InChI=1S/C10H12O3/c1-7(11)2-3-8-4-9(12)6-10(13)5-8/h4-6,12-13H,2-3H2,1H3. The van der Waals surface area contributed by atoms with E-state index < -0.39 is 0 Å². The van der Waals surface area contributed by atoms with Gasteiger partial charge in [0.05, 0.1) is 0 Å². The molecule has 1 aromatic rings. The van der Waals surface area contributed by atoms with E-state index in [4.69, 9.17) is 10.2 Å². The van der Waals surface area contributed by atoms with Crippen molar-refractivity contribution in [3.63, 3.8) is 0 Å². The van der Waals surface area contributed by atoms with Crippen molar-refractivity contribution in [2.24, 2.45) is 0 Å². The smallest absolute Gasteiger partial charge is 0.130 e. The highest BCUT2D eigenvalue weighted by molar-refractivity contribution is 5.75. The second-order valence-electron chi connectivity index (χ2n) is 3.06. The Morgan fingerprint density at radius 2 is 1.77 bits per heavy atom. The molecular weight excluding hydrogens is 168 g/mol. The van der Waals surface area contributed by atoms with Crippen molar-refractivity contribution in [3.05, 3.63) is 23.8 Å². The van der Waals surface area contributed by atoms with Crippen LogP contribution in [-0.2, 0) is 11.2 Å². The summed E-state index contributed by atoms with van der Waals surface area (Å²) >= 11 is 0. The molecule has 3 nitrogen and oxygen atoms in total. The first kappa shape index (κ1) is 9.58. The number of hydrogen-bond donors (Lipinski definition) is 2. The summed E-state index contributed by atoms with van der Waals surface area (Å²) in [5.41, 5.74) is 0.771. The monoisotopic (exact) mass is 180 g/mol. The third-order valence-electron chi connectivity index (χ3n) is 1.73. The number of carbonyl (C=O) groups is 1. The second-order valence-corrected chi connectivity index (χ2v) is 3.06. The van der Waals surface area contributed by atoms with Crippen LogP contribution < -0.4 is 0 Å². The van der Waals surface area contributed by atoms with Crippen molar-refractivity contribution < 1.29 is 15.0 Å². The lowest BCUT2D eigenvalue weighted by Gasteiger charge is -2.01. The van der Waals surface area contributed by atoms with Crippen LogP contribution >= 0.6 is 0 Å². The molecule has 0 aromatic heterocycles. The summed E-state index contributed by atoms with van der Waals surface area (Å²) in [5, 5.41) is 18.2. The summed E-state index contributed by atoms with van der Waals surface area (Å²) in [6.07, 6.45) is 0.986. The summed E-state index contributed by atoms with van der Waals surface area (Å²) in [6, 6.07) is 4.35. The molecule has 0 unspecified atom stereocenters. The molecule has 2 N–H and O–H groups in total. The summed E-state index contributed by atoms with van der Waals surface area (Å²) in [5.74, 6) is 0.153. The molecule has 0 saturated carbocycles. The number of Topliss-reactive ketones (excluding diaryl/α,β-unsaturated/α-hetero) is 1. The van der Waals surface area contributed by atoms with Crippen LogP contribution in [0.5, 0.6) is 11.5 Å². The van der Waals surface area contributed by atoms with E-state index in [2.05, 4.69) is 0 Å². The van der Waals surface area contributed by atoms with Gasteiger partial charge in [0.2, 0.25) is 0 Å². The Balaban J connectivity index is 2.71. The van der Waals surface area contributed by atoms with Crippen LogP contribution in [-0.4, -0.2) is 16.0 Å². The van der Waals surface area contributed by atoms with Gasteiger partial charge in [0.25, 0.3) is 0 Å². The molecule has 1 rings (SSSR count). The quantitative estimate of drug-likeness (QED) is 0.743. The third-order valence-corrected chi connectivity index (χ3v) is 1.73. The molecule has 0 aliphatic rings. The number of hydrogen-bond acceptors (Lipinski definition) is 3. The lowest BCUT2D eigenvalue weighted by molar-refractivity contribution is -0.116. The maximum atomic E-state index is 10.7. The fourth-order valence-electron chi connectivity index (χ4n) is 1.12. The number of aromatic hydroxyl groups is 2. The number of ketones is 1. The molecule has 0 aliphatic heterocycles. The molecule has 0 amide bonds. The fourth-order valence-corrected chi connectivity index (χ4v) is 1.12.